The van der Waals surface area contributed by atoms with Crippen LogP contribution in [0.1, 0.15) is 30.9 Å². The molecule has 0 spiro atoms. The molecular formula is C19H26IN3O. The molecule has 0 amide bonds. The molecule has 5 heteroatoms. The van der Waals surface area contributed by atoms with Crippen LogP contribution in [0.2, 0.25) is 0 Å². The first-order chi connectivity index (χ1) is 11.3. The first-order valence-corrected chi connectivity index (χ1v) is 8.07. The molecule has 0 radical (unpaired) electrons. The third-order valence-electron chi connectivity index (χ3n) is 3.42. The third kappa shape index (κ3) is 7.68. The minimum Gasteiger partial charge on any atom is -0.489 e. The summed E-state index contributed by atoms with van der Waals surface area (Å²) in [5.41, 5.74) is 8.08. The maximum absolute atomic E-state index is 5.84. The molecule has 2 aromatic rings. The molecular weight excluding hydrogens is 413 g/mol. The molecule has 0 fully saturated rings. The van der Waals surface area contributed by atoms with Gasteiger partial charge in [-0.25, -0.2) is 4.99 Å². The zero-order valence-corrected chi connectivity index (χ0v) is 16.4. The Bertz CT molecular complexity index is 617. The quantitative estimate of drug-likeness (QED) is 0.282. The molecule has 0 aromatic heterocycles. The van der Waals surface area contributed by atoms with E-state index in [0.717, 1.165) is 36.3 Å². The number of ether oxygens (including phenoxy) is 1. The standard InChI is InChI=1S/C19H25N3O.HI/c1-2-3-12-21-19(20)22-14-17-10-7-11-18(13-17)23-15-16-8-5-4-6-9-16;/h4-11,13H,2-3,12,14-15H2,1H3,(H3,20,21,22);1H. The number of benzene rings is 2. The Kier molecular flexibility index (Phi) is 9.91. The van der Waals surface area contributed by atoms with Crippen molar-refractivity contribution in [3.05, 3.63) is 65.7 Å². The molecule has 0 unspecified atom stereocenters. The zero-order chi connectivity index (χ0) is 16.3. The lowest BCUT2D eigenvalue weighted by atomic mass is 10.2. The second kappa shape index (κ2) is 11.7. The summed E-state index contributed by atoms with van der Waals surface area (Å²) in [5.74, 6) is 1.34. The van der Waals surface area contributed by atoms with Crippen LogP contribution in [0.15, 0.2) is 59.6 Å². The van der Waals surface area contributed by atoms with Crippen LogP contribution in [0.25, 0.3) is 0 Å². The zero-order valence-electron chi connectivity index (χ0n) is 14.1. The second-order valence-corrected chi connectivity index (χ2v) is 5.40. The fourth-order valence-electron chi connectivity index (χ4n) is 2.10. The van der Waals surface area contributed by atoms with Gasteiger partial charge in [0.1, 0.15) is 12.4 Å². The molecule has 0 heterocycles. The highest BCUT2D eigenvalue weighted by Crippen LogP contribution is 2.15. The monoisotopic (exact) mass is 439 g/mol. The van der Waals surface area contributed by atoms with E-state index < -0.39 is 0 Å². The normalized spacial score (nSPS) is 10.8. The van der Waals surface area contributed by atoms with Crippen LogP contribution < -0.4 is 15.8 Å². The van der Waals surface area contributed by atoms with Gasteiger partial charge in [0.25, 0.3) is 0 Å². The molecule has 2 aromatic carbocycles. The van der Waals surface area contributed by atoms with Gasteiger partial charge in [-0.2, -0.15) is 0 Å². The highest BCUT2D eigenvalue weighted by Gasteiger charge is 1.99. The smallest absolute Gasteiger partial charge is 0.188 e. The number of nitrogens with one attached hydrogen (secondary N) is 1. The van der Waals surface area contributed by atoms with E-state index in [1.165, 1.54) is 0 Å². The molecule has 2 rings (SSSR count). The number of rotatable bonds is 8. The van der Waals surface area contributed by atoms with Crippen molar-refractivity contribution in [2.45, 2.75) is 32.9 Å². The Morgan fingerprint density at radius 2 is 1.83 bits per heavy atom. The Balaban J connectivity index is 0.00000288. The highest BCUT2D eigenvalue weighted by atomic mass is 127. The number of hydrogen-bond acceptors (Lipinski definition) is 2. The lowest BCUT2D eigenvalue weighted by Crippen LogP contribution is -2.32. The molecule has 0 saturated heterocycles. The third-order valence-corrected chi connectivity index (χ3v) is 3.42. The van der Waals surface area contributed by atoms with Crippen LogP contribution in [0.4, 0.5) is 0 Å². The number of unbranched alkanes of at least 4 members (excludes halogenated alkanes) is 1. The largest absolute Gasteiger partial charge is 0.489 e. The van der Waals surface area contributed by atoms with Crippen molar-refractivity contribution in [2.75, 3.05) is 6.54 Å². The average Bonchev–Trinajstić information content (AvgIpc) is 2.60. The Morgan fingerprint density at radius 3 is 2.58 bits per heavy atom. The van der Waals surface area contributed by atoms with Crippen molar-refractivity contribution >= 4 is 29.9 Å². The van der Waals surface area contributed by atoms with E-state index in [-0.39, 0.29) is 24.0 Å². The number of halogens is 1. The molecule has 0 atom stereocenters. The summed E-state index contributed by atoms with van der Waals surface area (Å²) < 4.78 is 5.82. The van der Waals surface area contributed by atoms with Gasteiger partial charge in [-0.05, 0) is 29.7 Å². The number of nitrogens with two attached hydrogens (primary N) is 1. The number of aliphatic imine (C=N–C) groups is 1. The van der Waals surface area contributed by atoms with Crippen LogP contribution in [0, 0.1) is 0 Å². The van der Waals surface area contributed by atoms with Gasteiger partial charge in [-0.15, -0.1) is 24.0 Å². The number of nitrogens with zero attached hydrogens (tertiary/aromatic N) is 1. The van der Waals surface area contributed by atoms with E-state index in [1.54, 1.807) is 0 Å². The summed E-state index contributed by atoms with van der Waals surface area (Å²) in [6.45, 7) is 4.13. The molecule has 4 nitrogen and oxygen atoms in total. The Labute approximate surface area is 161 Å². The number of guanidine groups is 1. The predicted molar refractivity (Wildman–Crippen MR) is 111 cm³/mol. The van der Waals surface area contributed by atoms with Crippen molar-refractivity contribution < 1.29 is 4.74 Å². The van der Waals surface area contributed by atoms with Gasteiger partial charge in [0, 0.05) is 6.54 Å². The van der Waals surface area contributed by atoms with Gasteiger partial charge < -0.3 is 15.8 Å². The van der Waals surface area contributed by atoms with Crippen LogP contribution in [-0.4, -0.2) is 12.5 Å². The SMILES string of the molecule is CCCCNC(N)=NCc1cccc(OCc2ccccc2)c1.I. The van der Waals surface area contributed by atoms with Gasteiger partial charge in [-0.3, -0.25) is 0 Å². The maximum atomic E-state index is 5.84. The van der Waals surface area contributed by atoms with Crippen molar-refractivity contribution in [3.63, 3.8) is 0 Å². The lowest BCUT2D eigenvalue weighted by molar-refractivity contribution is 0.306. The lowest BCUT2D eigenvalue weighted by Gasteiger charge is -2.08. The molecule has 130 valence electrons. The molecule has 0 aliphatic heterocycles. The molecule has 0 saturated carbocycles. The highest BCUT2D eigenvalue weighted by molar-refractivity contribution is 14.0. The minimum atomic E-state index is 0. The van der Waals surface area contributed by atoms with Gasteiger partial charge >= 0.3 is 0 Å². The predicted octanol–water partition coefficient (Wildman–Crippen LogP) is 4.09. The van der Waals surface area contributed by atoms with Gasteiger partial charge in [0.05, 0.1) is 6.54 Å². The topological polar surface area (TPSA) is 59.6 Å². The number of hydrogen-bond donors (Lipinski definition) is 2. The maximum Gasteiger partial charge on any atom is 0.188 e. The van der Waals surface area contributed by atoms with E-state index in [0.29, 0.717) is 19.1 Å². The van der Waals surface area contributed by atoms with Crippen LogP contribution in [-0.2, 0) is 13.2 Å². The first-order valence-electron chi connectivity index (χ1n) is 8.07. The Morgan fingerprint density at radius 1 is 1.08 bits per heavy atom. The molecule has 3 N–H and O–H groups in total. The van der Waals surface area contributed by atoms with E-state index in [2.05, 4.69) is 29.4 Å². The van der Waals surface area contributed by atoms with Crippen molar-refractivity contribution in [2.24, 2.45) is 10.7 Å². The van der Waals surface area contributed by atoms with Gasteiger partial charge in [0.15, 0.2) is 5.96 Å². The van der Waals surface area contributed by atoms with Crippen molar-refractivity contribution in [1.82, 2.24) is 5.32 Å². The molecule has 0 aliphatic rings. The summed E-state index contributed by atoms with van der Waals surface area (Å²) in [4.78, 5) is 4.35. The molecule has 0 bridgehead atoms. The summed E-state index contributed by atoms with van der Waals surface area (Å²) >= 11 is 0. The van der Waals surface area contributed by atoms with Crippen LogP contribution in [0.5, 0.6) is 5.75 Å². The van der Waals surface area contributed by atoms with Gasteiger partial charge in [0.2, 0.25) is 0 Å². The van der Waals surface area contributed by atoms with Crippen LogP contribution in [0.3, 0.4) is 0 Å². The van der Waals surface area contributed by atoms with E-state index in [4.69, 9.17) is 10.5 Å². The average molecular weight is 439 g/mol. The molecule has 0 aliphatic carbocycles. The van der Waals surface area contributed by atoms with Crippen molar-refractivity contribution in [1.29, 1.82) is 0 Å². The van der Waals surface area contributed by atoms with Crippen molar-refractivity contribution in [3.8, 4) is 5.75 Å². The van der Waals surface area contributed by atoms with E-state index in [9.17, 15) is 0 Å². The van der Waals surface area contributed by atoms with E-state index >= 15 is 0 Å². The second-order valence-electron chi connectivity index (χ2n) is 5.40. The summed E-state index contributed by atoms with van der Waals surface area (Å²) in [5, 5.41) is 3.11. The summed E-state index contributed by atoms with van der Waals surface area (Å²) in [6, 6.07) is 18.1. The summed E-state index contributed by atoms with van der Waals surface area (Å²) in [7, 11) is 0. The summed E-state index contributed by atoms with van der Waals surface area (Å²) in [6.07, 6.45) is 2.24. The fourth-order valence-corrected chi connectivity index (χ4v) is 2.10. The molecule has 24 heavy (non-hydrogen) atoms. The van der Waals surface area contributed by atoms with Gasteiger partial charge in [-0.1, -0.05) is 55.8 Å². The van der Waals surface area contributed by atoms with E-state index in [1.807, 2.05) is 42.5 Å². The minimum absolute atomic E-state index is 0. The Hall–Kier alpha value is -1.76. The first kappa shape index (κ1) is 20.3. The van der Waals surface area contributed by atoms with Crippen LogP contribution >= 0.6 is 24.0 Å². The fraction of sp³-hybridized carbons (Fsp3) is 0.316.